The summed E-state index contributed by atoms with van der Waals surface area (Å²) in [6, 6.07) is 2.01. The molecule has 0 aromatic carbocycles. The van der Waals surface area contributed by atoms with E-state index in [4.69, 9.17) is 4.74 Å². The molecule has 0 amide bonds. The average Bonchev–Trinajstić information content (AvgIpc) is 2.87. The minimum Gasteiger partial charge on any atom is -0.383 e. The molecule has 0 atom stereocenters. The maximum atomic E-state index is 12.6. The van der Waals surface area contributed by atoms with Crippen molar-refractivity contribution in [3.05, 3.63) is 27.7 Å². The van der Waals surface area contributed by atoms with Gasteiger partial charge in [0, 0.05) is 25.9 Å². The van der Waals surface area contributed by atoms with Crippen molar-refractivity contribution in [1.29, 1.82) is 0 Å². The predicted molar refractivity (Wildman–Crippen MR) is 85.1 cm³/mol. The first-order valence-electron chi connectivity index (χ1n) is 6.86. The van der Waals surface area contributed by atoms with Gasteiger partial charge in [-0.3, -0.25) is 4.79 Å². The van der Waals surface area contributed by atoms with Crippen molar-refractivity contribution >= 4 is 16.5 Å². The molecule has 0 radical (unpaired) electrons. The first kappa shape index (κ1) is 15.7. The molecular weight excluding hydrogens is 288 g/mol. The van der Waals surface area contributed by atoms with Crippen LogP contribution in [0.15, 0.2) is 10.9 Å². The van der Waals surface area contributed by atoms with Crippen LogP contribution < -0.4 is 10.9 Å². The number of methoxy groups -OCH3 is 1. The number of ether oxygens (including phenoxy) is 1. The molecule has 21 heavy (non-hydrogen) atoms. The molecule has 0 fully saturated rings. The third-order valence-electron chi connectivity index (χ3n) is 3.24. The van der Waals surface area contributed by atoms with Crippen LogP contribution in [0.5, 0.6) is 0 Å². The van der Waals surface area contributed by atoms with Gasteiger partial charge in [-0.05, 0) is 32.4 Å². The lowest BCUT2D eigenvalue weighted by atomic mass is 10.1. The molecule has 0 aliphatic heterocycles. The van der Waals surface area contributed by atoms with E-state index in [2.05, 4.69) is 15.5 Å². The summed E-state index contributed by atoms with van der Waals surface area (Å²) < 4.78 is 6.73. The van der Waals surface area contributed by atoms with Crippen LogP contribution in [-0.2, 0) is 11.3 Å². The Bertz CT molecular complexity index is 678. The van der Waals surface area contributed by atoms with E-state index in [9.17, 15) is 4.79 Å². The van der Waals surface area contributed by atoms with E-state index in [0.29, 0.717) is 35.4 Å². The summed E-state index contributed by atoms with van der Waals surface area (Å²) in [6.45, 7) is 7.75. The van der Waals surface area contributed by atoms with Gasteiger partial charge in [-0.1, -0.05) is 11.3 Å². The van der Waals surface area contributed by atoms with Crippen LogP contribution in [0.3, 0.4) is 0 Å². The number of hydrogen-bond acceptors (Lipinski definition) is 6. The molecule has 0 aliphatic carbocycles. The highest BCUT2D eigenvalue weighted by Gasteiger charge is 2.16. The van der Waals surface area contributed by atoms with Gasteiger partial charge in [0.25, 0.3) is 5.56 Å². The molecule has 0 saturated carbocycles. The fraction of sp³-hybridized carbons (Fsp3) is 0.500. The second-order valence-electron chi connectivity index (χ2n) is 4.73. The lowest BCUT2D eigenvalue weighted by Crippen LogP contribution is -2.24. The molecule has 2 rings (SSSR count). The molecule has 0 saturated heterocycles. The van der Waals surface area contributed by atoms with Crippen LogP contribution >= 0.6 is 11.3 Å². The van der Waals surface area contributed by atoms with E-state index in [1.807, 2.05) is 26.8 Å². The largest absolute Gasteiger partial charge is 0.383 e. The van der Waals surface area contributed by atoms with Crippen LogP contribution in [0.4, 0.5) is 5.13 Å². The van der Waals surface area contributed by atoms with Gasteiger partial charge in [-0.25, -0.2) is 0 Å². The predicted octanol–water partition coefficient (Wildman–Crippen LogP) is 2.06. The number of aryl methyl sites for hydroxylation is 2. The lowest BCUT2D eigenvalue weighted by molar-refractivity contribution is 0.211. The number of nitrogens with zero attached hydrogens (tertiary/aromatic N) is 3. The minimum atomic E-state index is -0.00501. The van der Waals surface area contributed by atoms with Crippen molar-refractivity contribution < 1.29 is 4.74 Å². The number of aromatic nitrogens is 3. The Labute approximate surface area is 127 Å². The summed E-state index contributed by atoms with van der Waals surface area (Å²) in [5.74, 6) is 0. The van der Waals surface area contributed by atoms with Crippen molar-refractivity contribution in [2.24, 2.45) is 0 Å². The number of anilines is 1. The molecule has 0 unspecified atom stereocenters. The van der Waals surface area contributed by atoms with Gasteiger partial charge in [0.15, 0.2) is 5.01 Å². The highest BCUT2D eigenvalue weighted by molar-refractivity contribution is 7.18. The van der Waals surface area contributed by atoms with Gasteiger partial charge in [-0.2, -0.15) is 0 Å². The Kier molecular flexibility index (Phi) is 5.08. The van der Waals surface area contributed by atoms with Gasteiger partial charge in [0.05, 0.1) is 12.2 Å². The lowest BCUT2D eigenvalue weighted by Gasteiger charge is -2.10. The van der Waals surface area contributed by atoms with E-state index >= 15 is 0 Å². The van der Waals surface area contributed by atoms with Crippen LogP contribution in [0, 0.1) is 13.8 Å². The summed E-state index contributed by atoms with van der Waals surface area (Å²) in [7, 11) is 1.65. The van der Waals surface area contributed by atoms with Crippen molar-refractivity contribution in [2.75, 3.05) is 25.6 Å². The molecule has 114 valence electrons. The van der Waals surface area contributed by atoms with Crippen molar-refractivity contribution in [3.8, 4) is 10.6 Å². The first-order chi connectivity index (χ1) is 10.1. The quantitative estimate of drug-likeness (QED) is 0.827. The molecule has 2 heterocycles. The molecule has 0 aliphatic rings. The molecule has 6 nitrogen and oxygen atoms in total. The zero-order valence-electron chi connectivity index (χ0n) is 12.8. The summed E-state index contributed by atoms with van der Waals surface area (Å²) in [5.41, 5.74) is 2.53. The molecule has 0 spiro atoms. The normalized spacial score (nSPS) is 10.9. The zero-order valence-corrected chi connectivity index (χ0v) is 13.6. The Balaban J connectivity index is 2.36. The topological polar surface area (TPSA) is 69.0 Å². The average molecular weight is 308 g/mol. The van der Waals surface area contributed by atoms with Crippen LogP contribution in [0.25, 0.3) is 10.6 Å². The Hall–Kier alpha value is -1.73. The minimum absolute atomic E-state index is 0.00501. The first-order valence-corrected chi connectivity index (χ1v) is 7.67. The van der Waals surface area contributed by atoms with E-state index in [-0.39, 0.29) is 5.56 Å². The van der Waals surface area contributed by atoms with Crippen molar-refractivity contribution in [3.63, 3.8) is 0 Å². The summed E-state index contributed by atoms with van der Waals surface area (Å²) >= 11 is 1.39. The van der Waals surface area contributed by atoms with Crippen molar-refractivity contribution in [2.45, 2.75) is 27.3 Å². The number of rotatable bonds is 6. The fourth-order valence-corrected chi connectivity index (χ4v) is 3.11. The fourth-order valence-electron chi connectivity index (χ4n) is 2.24. The zero-order chi connectivity index (χ0) is 15.4. The van der Waals surface area contributed by atoms with Crippen molar-refractivity contribution in [1.82, 2.24) is 14.8 Å². The third-order valence-corrected chi connectivity index (χ3v) is 4.14. The SMILES string of the molecule is CCn1c(C)cc(C)c(-c2nnc(NCCOC)s2)c1=O. The standard InChI is InChI=1S/C14H20N4O2S/c1-5-18-10(3)8-9(2)11(13(18)19)12-16-17-14(21-12)15-6-7-20-4/h8H,5-7H2,1-4H3,(H,15,17). The highest BCUT2D eigenvalue weighted by atomic mass is 32.1. The van der Waals surface area contributed by atoms with Crippen LogP contribution in [0.2, 0.25) is 0 Å². The Morgan fingerprint density at radius 1 is 1.38 bits per heavy atom. The summed E-state index contributed by atoms with van der Waals surface area (Å²) in [4.78, 5) is 12.6. The second-order valence-corrected chi connectivity index (χ2v) is 5.70. The smallest absolute Gasteiger partial charge is 0.261 e. The maximum Gasteiger partial charge on any atom is 0.261 e. The van der Waals surface area contributed by atoms with Gasteiger partial charge < -0.3 is 14.6 Å². The number of nitrogens with one attached hydrogen (secondary N) is 1. The van der Waals surface area contributed by atoms with Crippen LogP contribution in [-0.4, -0.2) is 35.0 Å². The summed E-state index contributed by atoms with van der Waals surface area (Å²) in [5, 5.41) is 12.7. The van der Waals surface area contributed by atoms with E-state index in [1.54, 1.807) is 11.7 Å². The van der Waals surface area contributed by atoms with Gasteiger partial charge >= 0.3 is 0 Å². The molecule has 0 bridgehead atoms. The van der Waals surface area contributed by atoms with Crippen LogP contribution in [0.1, 0.15) is 18.2 Å². The second kappa shape index (κ2) is 6.82. The van der Waals surface area contributed by atoms with Gasteiger partial charge in [-0.15, -0.1) is 10.2 Å². The summed E-state index contributed by atoms with van der Waals surface area (Å²) in [6.07, 6.45) is 0. The molecule has 2 aromatic heterocycles. The molecule has 2 aromatic rings. The van der Waals surface area contributed by atoms with E-state index in [1.165, 1.54) is 11.3 Å². The maximum absolute atomic E-state index is 12.6. The van der Waals surface area contributed by atoms with E-state index < -0.39 is 0 Å². The van der Waals surface area contributed by atoms with Gasteiger partial charge in [0.2, 0.25) is 5.13 Å². The monoisotopic (exact) mass is 308 g/mol. The molecule has 1 N–H and O–H groups in total. The number of hydrogen-bond donors (Lipinski definition) is 1. The molecular formula is C14H20N4O2S. The highest BCUT2D eigenvalue weighted by Crippen LogP contribution is 2.26. The van der Waals surface area contributed by atoms with E-state index in [0.717, 1.165) is 11.3 Å². The third kappa shape index (κ3) is 3.30. The van der Waals surface area contributed by atoms with Gasteiger partial charge in [0.1, 0.15) is 0 Å². The number of pyridine rings is 1. The Morgan fingerprint density at radius 2 is 2.14 bits per heavy atom. The Morgan fingerprint density at radius 3 is 2.81 bits per heavy atom. The molecule has 7 heteroatoms.